The Morgan fingerprint density at radius 3 is 2.68 bits per heavy atom. The van der Waals surface area contributed by atoms with Gasteiger partial charge in [-0.1, -0.05) is 30.3 Å². The summed E-state index contributed by atoms with van der Waals surface area (Å²) in [6, 6.07) is 7.52. The molecule has 7 heteroatoms. The van der Waals surface area contributed by atoms with E-state index in [9.17, 15) is 4.79 Å². The van der Waals surface area contributed by atoms with Gasteiger partial charge in [-0.3, -0.25) is 10.1 Å². The van der Waals surface area contributed by atoms with Crippen LogP contribution >= 0.6 is 23.4 Å². The number of benzene rings is 1. The van der Waals surface area contributed by atoms with Crippen molar-refractivity contribution in [3.05, 3.63) is 47.1 Å². The quantitative estimate of drug-likeness (QED) is 0.496. The van der Waals surface area contributed by atoms with E-state index in [4.69, 9.17) is 11.6 Å². The predicted molar refractivity (Wildman–Crippen MR) is 78.1 cm³/mol. The third kappa shape index (κ3) is 3.42. The van der Waals surface area contributed by atoms with Crippen LogP contribution in [0.1, 0.15) is 5.56 Å². The van der Waals surface area contributed by atoms with Crippen molar-refractivity contribution in [1.29, 1.82) is 0 Å². The summed E-state index contributed by atoms with van der Waals surface area (Å²) in [6.45, 7) is 4.17. The third-order valence-corrected chi connectivity index (χ3v) is 3.93. The molecule has 2 rings (SSSR count). The Morgan fingerprint density at radius 2 is 2.11 bits per heavy atom. The normalized spacial score (nSPS) is 22.8. The fraction of sp³-hybridized carbons (Fsp3) is 0.250. The Labute approximate surface area is 121 Å². The molecule has 1 saturated heterocycles. The Balaban J connectivity index is 2.01. The summed E-state index contributed by atoms with van der Waals surface area (Å²) < 4.78 is 0. The number of nitrogens with one attached hydrogen (secondary N) is 4. The molecule has 0 saturated carbocycles. The van der Waals surface area contributed by atoms with Crippen molar-refractivity contribution in [3.8, 4) is 0 Å². The molecule has 4 N–H and O–H groups in total. The van der Waals surface area contributed by atoms with Gasteiger partial charge in [0.25, 0.3) is 5.91 Å². The summed E-state index contributed by atoms with van der Waals surface area (Å²) >= 11 is 7.27. The largest absolute Gasteiger partial charge is 0.313 e. The van der Waals surface area contributed by atoms with Gasteiger partial charge in [-0.2, -0.15) is 5.43 Å². The molecule has 5 nitrogen and oxygen atoms in total. The van der Waals surface area contributed by atoms with Crippen molar-refractivity contribution in [1.82, 2.24) is 21.5 Å². The van der Waals surface area contributed by atoms with Crippen molar-refractivity contribution < 1.29 is 4.79 Å². The summed E-state index contributed by atoms with van der Waals surface area (Å²) in [6.07, 6.45) is 1.89. The van der Waals surface area contributed by atoms with Crippen LogP contribution in [0.3, 0.4) is 0 Å². The van der Waals surface area contributed by atoms with Gasteiger partial charge in [-0.05, 0) is 24.0 Å². The van der Waals surface area contributed by atoms with Gasteiger partial charge in [0.1, 0.15) is 5.70 Å². The average molecular weight is 299 g/mol. The van der Waals surface area contributed by atoms with Crippen LogP contribution in [0.25, 0.3) is 0 Å². The van der Waals surface area contributed by atoms with Crippen molar-refractivity contribution in [2.45, 2.75) is 11.7 Å². The highest BCUT2D eigenvalue weighted by molar-refractivity contribution is 7.99. The molecular formula is C12H15ClN4OS. The van der Waals surface area contributed by atoms with E-state index in [-0.39, 0.29) is 11.6 Å². The fourth-order valence-electron chi connectivity index (χ4n) is 1.58. The van der Waals surface area contributed by atoms with Gasteiger partial charge in [0.15, 0.2) is 0 Å². The Kier molecular flexibility index (Phi) is 4.36. The number of hydrogen-bond acceptors (Lipinski definition) is 5. The molecule has 19 heavy (non-hydrogen) atoms. The minimum absolute atomic E-state index is 0.239. The summed E-state index contributed by atoms with van der Waals surface area (Å²) in [5.74, 6) is -0.239. The van der Waals surface area contributed by atoms with Gasteiger partial charge in [-0.25, -0.2) is 0 Å². The first-order valence-corrected chi connectivity index (χ1v) is 7.24. The lowest BCUT2D eigenvalue weighted by Gasteiger charge is -2.39. The van der Waals surface area contributed by atoms with Gasteiger partial charge in [-0.15, -0.1) is 11.8 Å². The molecule has 0 spiro atoms. The van der Waals surface area contributed by atoms with Crippen LogP contribution in [0.2, 0.25) is 5.02 Å². The van der Waals surface area contributed by atoms with E-state index in [2.05, 4.69) is 28.1 Å². The van der Waals surface area contributed by atoms with Crippen LogP contribution < -0.4 is 21.5 Å². The molecule has 1 aliphatic rings. The zero-order valence-electron chi connectivity index (χ0n) is 10.4. The van der Waals surface area contributed by atoms with Gasteiger partial charge in [0.2, 0.25) is 5.12 Å². The number of rotatable bonds is 4. The standard InChI is InChI=1S/C12H15ClN4OS/c1-8-11(18)15-12(19-2,17-16-8)14-7-9-3-5-10(13)6-4-9/h3-6,14,16-17H,1,7H2,2H3,(H,15,18). The van der Waals surface area contributed by atoms with E-state index in [0.29, 0.717) is 11.6 Å². The van der Waals surface area contributed by atoms with Gasteiger partial charge in [0.05, 0.1) is 0 Å². The van der Waals surface area contributed by atoms with E-state index in [1.807, 2.05) is 30.5 Å². The first kappa shape index (κ1) is 14.2. The zero-order valence-corrected chi connectivity index (χ0v) is 12.0. The second-order valence-corrected chi connectivity index (χ2v) is 5.51. The molecule has 1 aromatic carbocycles. The molecule has 1 aliphatic heterocycles. The lowest BCUT2D eigenvalue weighted by atomic mass is 10.2. The van der Waals surface area contributed by atoms with Gasteiger partial charge >= 0.3 is 0 Å². The molecule has 0 bridgehead atoms. The second-order valence-electron chi connectivity index (χ2n) is 4.05. The maximum absolute atomic E-state index is 11.6. The summed E-state index contributed by atoms with van der Waals surface area (Å²) in [5.41, 5.74) is 7.10. The molecule has 1 fully saturated rings. The first-order chi connectivity index (χ1) is 9.04. The van der Waals surface area contributed by atoms with Crippen LogP contribution in [0.15, 0.2) is 36.5 Å². The average Bonchev–Trinajstić information content (AvgIpc) is 2.42. The van der Waals surface area contributed by atoms with E-state index in [1.54, 1.807) is 0 Å². The third-order valence-electron chi connectivity index (χ3n) is 2.71. The maximum Gasteiger partial charge on any atom is 0.271 e. The van der Waals surface area contributed by atoms with Crippen LogP contribution in [0.4, 0.5) is 0 Å². The molecule has 0 aromatic heterocycles. The molecule has 1 unspecified atom stereocenters. The smallest absolute Gasteiger partial charge is 0.271 e. The highest BCUT2D eigenvalue weighted by Crippen LogP contribution is 2.17. The van der Waals surface area contributed by atoms with E-state index < -0.39 is 5.12 Å². The van der Waals surface area contributed by atoms with Crippen molar-refractivity contribution >= 4 is 29.3 Å². The number of amides is 1. The lowest BCUT2D eigenvalue weighted by Crippen LogP contribution is -2.72. The summed E-state index contributed by atoms with van der Waals surface area (Å²) in [5, 5.41) is 6.00. The van der Waals surface area contributed by atoms with Crippen LogP contribution in [-0.4, -0.2) is 17.3 Å². The van der Waals surface area contributed by atoms with Gasteiger partial charge < -0.3 is 10.7 Å². The highest BCUT2D eigenvalue weighted by atomic mass is 35.5. The lowest BCUT2D eigenvalue weighted by molar-refractivity contribution is -0.121. The van der Waals surface area contributed by atoms with E-state index in [1.165, 1.54) is 11.8 Å². The topological polar surface area (TPSA) is 65.2 Å². The Hall–Kier alpha value is -1.21. The number of hydrogen-bond donors (Lipinski definition) is 4. The van der Waals surface area contributed by atoms with Crippen LogP contribution in [0, 0.1) is 0 Å². The summed E-state index contributed by atoms with van der Waals surface area (Å²) in [4.78, 5) is 11.6. The molecule has 0 aliphatic carbocycles. The predicted octanol–water partition coefficient (Wildman–Crippen LogP) is 1.14. The maximum atomic E-state index is 11.6. The highest BCUT2D eigenvalue weighted by Gasteiger charge is 2.35. The van der Waals surface area contributed by atoms with Crippen molar-refractivity contribution in [2.75, 3.05) is 6.26 Å². The molecule has 1 aromatic rings. The monoisotopic (exact) mass is 298 g/mol. The van der Waals surface area contributed by atoms with Crippen LogP contribution in [0.5, 0.6) is 0 Å². The SMILES string of the molecule is C=C1NNC(NCc2ccc(Cl)cc2)(SC)NC1=O. The fourth-order valence-corrected chi connectivity index (χ4v) is 2.27. The molecular weight excluding hydrogens is 284 g/mol. The van der Waals surface area contributed by atoms with Crippen LogP contribution in [-0.2, 0) is 11.3 Å². The zero-order chi connectivity index (χ0) is 13.9. The number of thioether (sulfide) groups is 1. The number of hydrazine groups is 1. The minimum atomic E-state index is -0.766. The molecule has 1 amide bonds. The molecule has 0 radical (unpaired) electrons. The number of carbonyl (C=O) groups is 1. The first-order valence-electron chi connectivity index (χ1n) is 5.64. The Morgan fingerprint density at radius 1 is 1.42 bits per heavy atom. The summed E-state index contributed by atoms with van der Waals surface area (Å²) in [7, 11) is 0. The second kappa shape index (κ2) is 5.83. The molecule has 102 valence electrons. The van der Waals surface area contributed by atoms with Crippen molar-refractivity contribution in [3.63, 3.8) is 0 Å². The number of halogens is 1. The van der Waals surface area contributed by atoms with E-state index in [0.717, 1.165) is 5.56 Å². The minimum Gasteiger partial charge on any atom is -0.313 e. The van der Waals surface area contributed by atoms with Crippen molar-refractivity contribution in [2.24, 2.45) is 0 Å². The Bertz CT molecular complexity index is 493. The van der Waals surface area contributed by atoms with Gasteiger partial charge in [0, 0.05) is 11.6 Å². The molecule has 1 atom stereocenters. The molecule has 1 heterocycles. The van der Waals surface area contributed by atoms with E-state index >= 15 is 0 Å². The number of carbonyl (C=O) groups excluding carboxylic acids is 1.